The van der Waals surface area contributed by atoms with E-state index in [1.165, 1.54) is 16.1 Å². The average molecular weight is 290 g/mol. The van der Waals surface area contributed by atoms with Crippen LogP contribution in [0.2, 0.25) is 0 Å². The first-order valence-electron chi connectivity index (χ1n) is 7.07. The van der Waals surface area contributed by atoms with Crippen LogP contribution >= 0.6 is 11.3 Å². The minimum atomic E-state index is 0.757. The average Bonchev–Trinajstić information content (AvgIpc) is 2.96. The standard InChI is InChI=1S/C16H22N2OS/c1-3-13-4-6-14(7-5-13)15-12-20-16(18-15)8-9-17-10-11-19-2/h4-7,12,17H,3,8-11H2,1-2H3. The zero-order chi connectivity index (χ0) is 14.2. The molecule has 1 N–H and O–H groups in total. The Kier molecular flexibility index (Phi) is 6.18. The van der Waals surface area contributed by atoms with E-state index in [0.717, 1.165) is 38.2 Å². The fraction of sp³-hybridized carbons (Fsp3) is 0.438. The number of benzene rings is 1. The van der Waals surface area contributed by atoms with Crippen molar-refractivity contribution < 1.29 is 4.74 Å². The monoisotopic (exact) mass is 290 g/mol. The van der Waals surface area contributed by atoms with Crippen LogP contribution in [0.25, 0.3) is 11.3 Å². The predicted molar refractivity (Wildman–Crippen MR) is 85.4 cm³/mol. The van der Waals surface area contributed by atoms with Crippen LogP contribution in [0.3, 0.4) is 0 Å². The number of ether oxygens (including phenoxy) is 1. The lowest BCUT2D eigenvalue weighted by Gasteiger charge is -2.01. The summed E-state index contributed by atoms with van der Waals surface area (Å²) in [6, 6.07) is 8.68. The highest BCUT2D eigenvalue weighted by Gasteiger charge is 2.04. The van der Waals surface area contributed by atoms with Crippen molar-refractivity contribution >= 4 is 11.3 Å². The second-order valence-corrected chi connectivity index (χ2v) is 5.61. The van der Waals surface area contributed by atoms with Gasteiger partial charge in [-0.2, -0.15) is 0 Å². The van der Waals surface area contributed by atoms with Gasteiger partial charge in [0, 0.05) is 37.6 Å². The third-order valence-electron chi connectivity index (χ3n) is 3.21. The summed E-state index contributed by atoms with van der Waals surface area (Å²) >= 11 is 1.74. The summed E-state index contributed by atoms with van der Waals surface area (Å²) in [5.74, 6) is 0. The topological polar surface area (TPSA) is 34.1 Å². The minimum Gasteiger partial charge on any atom is -0.383 e. The Labute approximate surface area is 125 Å². The summed E-state index contributed by atoms with van der Waals surface area (Å²) in [6.07, 6.45) is 2.05. The molecule has 0 aliphatic heterocycles. The smallest absolute Gasteiger partial charge is 0.0945 e. The SMILES string of the molecule is CCc1ccc(-c2csc(CCNCCOC)n2)cc1. The van der Waals surface area contributed by atoms with Crippen LogP contribution in [-0.4, -0.2) is 31.8 Å². The molecular formula is C16H22N2OS. The number of nitrogens with one attached hydrogen (secondary N) is 1. The van der Waals surface area contributed by atoms with Gasteiger partial charge < -0.3 is 10.1 Å². The van der Waals surface area contributed by atoms with Crippen LogP contribution in [0.1, 0.15) is 17.5 Å². The lowest BCUT2D eigenvalue weighted by atomic mass is 10.1. The summed E-state index contributed by atoms with van der Waals surface area (Å²) in [7, 11) is 1.72. The van der Waals surface area contributed by atoms with E-state index in [4.69, 9.17) is 9.72 Å². The van der Waals surface area contributed by atoms with E-state index in [1.807, 2.05) is 0 Å². The van der Waals surface area contributed by atoms with E-state index in [0.29, 0.717) is 0 Å². The van der Waals surface area contributed by atoms with Crippen LogP contribution in [-0.2, 0) is 17.6 Å². The Bertz CT molecular complexity index is 507. The van der Waals surface area contributed by atoms with Crippen LogP contribution in [0.4, 0.5) is 0 Å². The van der Waals surface area contributed by atoms with Crippen molar-refractivity contribution in [3.8, 4) is 11.3 Å². The molecule has 1 aromatic carbocycles. The molecule has 0 saturated carbocycles. The van der Waals surface area contributed by atoms with Gasteiger partial charge in [0.15, 0.2) is 0 Å². The molecule has 0 radical (unpaired) electrons. The number of rotatable bonds is 8. The second-order valence-electron chi connectivity index (χ2n) is 4.67. The normalized spacial score (nSPS) is 10.9. The van der Waals surface area contributed by atoms with Gasteiger partial charge in [0.05, 0.1) is 17.3 Å². The fourth-order valence-electron chi connectivity index (χ4n) is 1.96. The van der Waals surface area contributed by atoms with Gasteiger partial charge >= 0.3 is 0 Å². The minimum absolute atomic E-state index is 0.757. The lowest BCUT2D eigenvalue weighted by Crippen LogP contribution is -2.21. The van der Waals surface area contributed by atoms with Gasteiger partial charge in [0.2, 0.25) is 0 Å². The maximum absolute atomic E-state index is 5.00. The Morgan fingerprint density at radius 1 is 1.20 bits per heavy atom. The Morgan fingerprint density at radius 2 is 2.00 bits per heavy atom. The molecule has 1 heterocycles. The predicted octanol–water partition coefficient (Wildman–Crippen LogP) is 3.15. The van der Waals surface area contributed by atoms with E-state index in [2.05, 4.69) is 41.9 Å². The first kappa shape index (κ1) is 15.2. The number of nitrogens with zero attached hydrogens (tertiary/aromatic N) is 1. The van der Waals surface area contributed by atoms with Crippen molar-refractivity contribution in [3.63, 3.8) is 0 Å². The molecule has 4 heteroatoms. The number of aryl methyl sites for hydroxylation is 1. The number of hydrogen-bond donors (Lipinski definition) is 1. The quantitative estimate of drug-likeness (QED) is 0.758. The van der Waals surface area contributed by atoms with Crippen LogP contribution < -0.4 is 5.32 Å². The largest absolute Gasteiger partial charge is 0.383 e. The van der Waals surface area contributed by atoms with Crippen LogP contribution in [0.5, 0.6) is 0 Å². The van der Waals surface area contributed by atoms with Gasteiger partial charge in [-0.05, 0) is 12.0 Å². The van der Waals surface area contributed by atoms with Gasteiger partial charge in [-0.15, -0.1) is 11.3 Å². The van der Waals surface area contributed by atoms with Crippen molar-refractivity contribution in [1.82, 2.24) is 10.3 Å². The molecule has 2 rings (SSSR count). The molecule has 0 aliphatic rings. The van der Waals surface area contributed by atoms with Crippen molar-refractivity contribution in [1.29, 1.82) is 0 Å². The van der Waals surface area contributed by atoms with E-state index in [-0.39, 0.29) is 0 Å². The van der Waals surface area contributed by atoms with Crippen molar-refractivity contribution in [2.75, 3.05) is 26.8 Å². The zero-order valence-electron chi connectivity index (χ0n) is 12.2. The van der Waals surface area contributed by atoms with Crippen LogP contribution in [0, 0.1) is 0 Å². The molecule has 0 amide bonds. The second kappa shape index (κ2) is 8.15. The number of hydrogen-bond acceptors (Lipinski definition) is 4. The summed E-state index contributed by atoms with van der Waals surface area (Å²) in [4.78, 5) is 4.70. The van der Waals surface area contributed by atoms with Gasteiger partial charge in [-0.25, -0.2) is 4.98 Å². The third kappa shape index (κ3) is 4.40. The molecule has 0 bridgehead atoms. The molecule has 0 fully saturated rings. The molecule has 3 nitrogen and oxygen atoms in total. The molecule has 0 saturated heterocycles. The molecule has 2 aromatic rings. The van der Waals surface area contributed by atoms with Gasteiger partial charge in [-0.1, -0.05) is 31.2 Å². The summed E-state index contributed by atoms with van der Waals surface area (Å²) in [6.45, 7) is 4.78. The molecule has 1 aromatic heterocycles. The highest BCUT2D eigenvalue weighted by molar-refractivity contribution is 7.09. The number of methoxy groups -OCH3 is 1. The summed E-state index contributed by atoms with van der Waals surface area (Å²) in [5, 5.41) is 6.67. The van der Waals surface area contributed by atoms with E-state index < -0.39 is 0 Å². The zero-order valence-corrected chi connectivity index (χ0v) is 13.0. The Morgan fingerprint density at radius 3 is 2.70 bits per heavy atom. The molecular weight excluding hydrogens is 268 g/mol. The Hall–Kier alpha value is -1.23. The fourth-order valence-corrected chi connectivity index (χ4v) is 2.77. The van der Waals surface area contributed by atoms with E-state index >= 15 is 0 Å². The molecule has 0 unspecified atom stereocenters. The number of thiazole rings is 1. The highest BCUT2D eigenvalue weighted by atomic mass is 32.1. The number of aromatic nitrogens is 1. The van der Waals surface area contributed by atoms with Crippen molar-refractivity contribution in [3.05, 3.63) is 40.2 Å². The molecule has 108 valence electrons. The first-order chi connectivity index (χ1) is 9.83. The van der Waals surface area contributed by atoms with Gasteiger partial charge in [-0.3, -0.25) is 0 Å². The maximum Gasteiger partial charge on any atom is 0.0945 e. The maximum atomic E-state index is 5.00. The van der Waals surface area contributed by atoms with Gasteiger partial charge in [0.1, 0.15) is 0 Å². The van der Waals surface area contributed by atoms with Crippen LogP contribution in [0.15, 0.2) is 29.6 Å². The lowest BCUT2D eigenvalue weighted by molar-refractivity contribution is 0.199. The molecule has 0 atom stereocenters. The summed E-state index contributed by atoms with van der Waals surface area (Å²) < 4.78 is 5.00. The molecule has 0 spiro atoms. The summed E-state index contributed by atoms with van der Waals surface area (Å²) in [5.41, 5.74) is 3.66. The van der Waals surface area contributed by atoms with E-state index in [1.54, 1.807) is 18.4 Å². The Balaban J connectivity index is 1.87. The van der Waals surface area contributed by atoms with Gasteiger partial charge in [0.25, 0.3) is 0 Å². The van der Waals surface area contributed by atoms with Crippen molar-refractivity contribution in [2.45, 2.75) is 19.8 Å². The van der Waals surface area contributed by atoms with Crippen molar-refractivity contribution in [2.24, 2.45) is 0 Å². The first-order valence-corrected chi connectivity index (χ1v) is 7.94. The third-order valence-corrected chi connectivity index (χ3v) is 4.12. The highest BCUT2D eigenvalue weighted by Crippen LogP contribution is 2.22. The molecule has 0 aliphatic carbocycles. The molecule has 20 heavy (non-hydrogen) atoms. The van der Waals surface area contributed by atoms with E-state index in [9.17, 15) is 0 Å².